The number of hydrogen-bond donors (Lipinski definition) is 2. The Morgan fingerprint density at radius 2 is 2.05 bits per heavy atom. The van der Waals surface area contributed by atoms with Gasteiger partial charge in [-0.3, -0.25) is 4.79 Å². The molecule has 0 bridgehead atoms. The Hall–Kier alpha value is -2.07. The van der Waals surface area contributed by atoms with Crippen LogP contribution in [0.2, 0.25) is 5.02 Å². The van der Waals surface area contributed by atoms with Crippen molar-refractivity contribution in [2.24, 2.45) is 0 Å². The lowest BCUT2D eigenvalue weighted by atomic mass is 10.1. The van der Waals surface area contributed by atoms with Gasteiger partial charge in [-0.25, -0.2) is 4.39 Å². The molecular weight excluding hydrogens is 279 g/mol. The van der Waals surface area contributed by atoms with Crippen molar-refractivity contribution in [1.82, 2.24) is 0 Å². The van der Waals surface area contributed by atoms with Gasteiger partial charge in [0.25, 0.3) is 5.91 Å². The number of rotatable bonds is 3. The minimum atomic E-state index is -0.625. The predicted octanol–water partition coefficient (Wildman–Crippen LogP) is 3.88. The molecule has 0 aliphatic carbocycles. The number of aryl methyl sites for hydroxylation is 1. The molecule has 2 aromatic rings. The molecule has 3 nitrogen and oxygen atoms in total. The number of nitrogen functional groups attached to an aromatic ring is 1. The third-order valence-corrected chi connectivity index (χ3v) is 3.27. The van der Waals surface area contributed by atoms with Crippen molar-refractivity contribution in [2.75, 3.05) is 11.1 Å². The Bertz CT molecular complexity index is 658. The first-order valence-corrected chi connectivity index (χ1v) is 6.54. The van der Waals surface area contributed by atoms with Crippen LogP contribution in [0.25, 0.3) is 0 Å². The molecule has 0 saturated heterocycles. The molecule has 0 saturated carbocycles. The Morgan fingerprint density at radius 3 is 2.65 bits per heavy atom. The molecule has 2 aromatic carbocycles. The molecule has 2 rings (SSSR count). The van der Waals surface area contributed by atoms with Crippen molar-refractivity contribution in [3.63, 3.8) is 0 Å². The van der Waals surface area contributed by atoms with Crippen molar-refractivity contribution >= 4 is 28.9 Å². The summed E-state index contributed by atoms with van der Waals surface area (Å²) in [5.41, 5.74) is 8.26. The minimum absolute atomic E-state index is 0.0157. The number of anilines is 2. The Balaban J connectivity index is 2.19. The summed E-state index contributed by atoms with van der Waals surface area (Å²) in [7, 11) is 0. The number of carbonyl (C=O) groups is 1. The van der Waals surface area contributed by atoms with Gasteiger partial charge in [-0.05, 0) is 42.3 Å². The average Bonchev–Trinajstić information content (AvgIpc) is 2.42. The molecule has 0 spiro atoms. The second-order valence-corrected chi connectivity index (χ2v) is 4.76. The van der Waals surface area contributed by atoms with Crippen LogP contribution in [-0.2, 0) is 6.42 Å². The van der Waals surface area contributed by atoms with E-state index in [-0.39, 0.29) is 10.6 Å². The fourth-order valence-corrected chi connectivity index (χ4v) is 1.95. The van der Waals surface area contributed by atoms with Gasteiger partial charge in [0.15, 0.2) is 0 Å². The number of nitrogens with two attached hydrogens (primary N) is 1. The second kappa shape index (κ2) is 5.92. The Kier molecular flexibility index (Phi) is 4.25. The quantitative estimate of drug-likeness (QED) is 0.844. The van der Waals surface area contributed by atoms with Crippen LogP contribution in [0.1, 0.15) is 22.8 Å². The van der Waals surface area contributed by atoms with Crippen LogP contribution in [0, 0.1) is 5.82 Å². The standard InChI is InChI=1S/C15H14ClFN2O/c1-2-9-3-5-11(8-14(9)18)19-15(20)10-4-6-12(16)13(17)7-10/h3-8H,2,18H2,1H3,(H,19,20). The van der Waals surface area contributed by atoms with E-state index >= 15 is 0 Å². The molecule has 3 N–H and O–H groups in total. The monoisotopic (exact) mass is 292 g/mol. The lowest BCUT2D eigenvalue weighted by Crippen LogP contribution is -2.12. The Labute approximate surface area is 121 Å². The van der Waals surface area contributed by atoms with Crippen molar-refractivity contribution in [2.45, 2.75) is 13.3 Å². The van der Waals surface area contributed by atoms with Crippen LogP contribution in [0.15, 0.2) is 36.4 Å². The summed E-state index contributed by atoms with van der Waals surface area (Å²) in [6.07, 6.45) is 0.822. The first-order chi connectivity index (χ1) is 9.51. The molecule has 0 radical (unpaired) electrons. The van der Waals surface area contributed by atoms with E-state index in [1.54, 1.807) is 12.1 Å². The molecule has 0 unspecified atom stereocenters. The van der Waals surface area contributed by atoms with Crippen LogP contribution >= 0.6 is 11.6 Å². The summed E-state index contributed by atoms with van der Waals surface area (Å²) in [4.78, 5) is 12.0. The highest BCUT2D eigenvalue weighted by Crippen LogP contribution is 2.20. The maximum atomic E-state index is 13.3. The summed E-state index contributed by atoms with van der Waals surface area (Å²) < 4.78 is 13.3. The zero-order valence-electron chi connectivity index (χ0n) is 10.9. The van der Waals surface area contributed by atoms with E-state index in [1.165, 1.54) is 12.1 Å². The van der Waals surface area contributed by atoms with Gasteiger partial charge in [0, 0.05) is 16.9 Å². The summed E-state index contributed by atoms with van der Waals surface area (Å²) >= 11 is 5.58. The maximum absolute atomic E-state index is 13.3. The van der Waals surface area contributed by atoms with Gasteiger partial charge in [0.1, 0.15) is 5.82 Å². The summed E-state index contributed by atoms with van der Waals surface area (Å²) in [5, 5.41) is 2.65. The fraction of sp³-hybridized carbons (Fsp3) is 0.133. The molecule has 0 aromatic heterocycles. The first kappa shape index (κ1) is 14.3. The molecule has 0 heterocycles. The van der Waals surface area contributed by atoms with Gasteiger partial charge in [0.2, 0.25) is 0 Å². The maximum Gasteiger partial charge on any atom is 0.255 e. The normalized spacial score (nSPS) is 10.3. The van der Waals surface area contributed by atoms with Crippen molar-refractivity contribution < 1.29 is 9.18 Å². The molecule has 5 heteroatoms. The second-order valence-electron chi connectivity index (χ2n) is 4.35. The van der Waals surface area contributed by atoms with Gasteiger partial charge in [-0.1, -0.05) is 24.6 Å². The van der Waals surface area contributed by atoms with Crippen LogP contribution in [-0.4, -0.2) is 5.91 Å². The number of nitrogens with one attached hydrogen (secondary N) is 1. The van der Waals surface area contributed by atoms with Crippen LogP contribution in [0.5, 0.6) is 0 Å². The van der Waals surface area contributed by atoms with E-state index in [0.717, 1.165) is 18.1 Å². The largest absolute Gasteiger partial charge is 0.398 e. The van der Waals surface area contributed by atoms with Gasteiger partial charge in [-0.15, -0.1) is 0 Å². The van der Waals surface area contributed by atoms with Crippen LogP contribution in [0.3, 0.4) is 0 Å². The lowest BCUT2D eigenvalue weighted by molar-refractivity contribution is 0.102. The third kappa shape index (κ3) is 3.08. The topological polar surface area (TPSA) is 55.1 Å². The Morgan fingerprint density at radius 1 is 1.30 bits per heavy atom. The van der Waals surface area contributed by atoms with Crippen LogP contribution < -0.4 is 11.1 Å². The minimum Gasteiger partial charge on any atom is -0.398 e. The van der Waals surface area contributed by atoms with Crippen molar-refractivity contribution in [3.05, 3.63) is 58.4 Å². The highest BCUT2D eigenvalue weighted by Gasteiger charge is 2.10. The number of amides is 1. The highest BCUT2D eigenvalue weighted by atomic mass is 35.5. The van der Waals surface area contributed by atoms with E-state index in [4.69, 9.17) is 17.3 Å². The summed E-state index contributed by atoms with van der Waals surface area (Å²) in [6.45, 7) is 2.00. The van der Waals surface area contributed by atoms with E-state index in [9.17, 15) is 9.18 Å². The average molecular weight is 293 g/mol. The molecule has 1 amide bonds. The van der Waals surface area contributed by atoms with Crippen LogP contribution in [0.4, 0.5) is 15.8 Å². The predicted molar refractivity (Wildman–Crippen MR) is 79.6 cm³/mol. The third-order valence-electron chi connectivity index (χ3n) is 2.97. The van der Waals surface area contributed by atoms with Gasteiger partial charge < -0.3 is 11.1 Å². The van der Waals surface area contributed by atoms with Gasteiger partial charge in [0.05, 0.1) is 5.02 Å². The SMILES string of the molecule is CCc1ccc(NC(=O)c2ccc(Cl)c(F)c2)cc1N. The van der Waals surface area contributed by atoms with Crippen molar-refractivity contribution in [3.8, 4) is 0 Å². The number of hydrogen-bond acceptors (Lipinski definition) is 2. The number of carbonyl (C=O) groups excluding carboxylic acids is 1. The molecule has 0 aliphatic rings. The molecule has 0 aliphatic heterocycles. The zero-order chi connectivity index (χ0) is 14.7. The molecule has 0 atom stereocenters. The van der Waals surface area contributed by atoms with E-state index in [1.807, 2.05) is 13.0 Å². The number of benzene rings is 2. The van der Waals surface area contributed by atoms with Gasteiger partial charge in [-0.2, -0.15) is 0 Å². The number of halogens is 2. The van der Waals surface area contributed by atoms with E-state index in [0.29, 0.717) is 11.4 Å². The zero-order valence-corrected chi connectivity index (χ0v) is 11.7. The molecule has 0 fully saturated rings. The van der Waals surface area contributed by atoms with E-state index in [2.05, 4.69) is 5.32 Å². The van der Waals surface area contributed by atoms with Crippen molar-refractivity contribution in [1.29, 1.82) is 0 Å². The summed E-state index contributed by atoms with van der Waals surface area (Å²) in [6, 6.07) is 9.21. The molecular formula is C15H14ClFN2O. The first-order valence-electron chi connectivity index (χ1n) is 6.16. The van der Waals surface area contributed by atoms with E-state index < -0.39 is 11.7 Å². The highest BCUT2D eigenvalue weighted by molar-refractivity contribution is 6.30. The molecule has 104 valence electrons. The summed E-state index contributed by atoms with van der Waals surface area (Å²) in [5.74, 6) is -1.04. The molecule has 20 heavy (non-hydrogen) atoms. The lowest BCUT2D eigenvalue weighted by Gasteiger charge is -2.09. The fourth-order valence-electron chi connectivity index (χ4n) is 1.84. The van der Waals surface area contributed by atoms with Gasteiger partial charge >= 0.3 is 0 Å². The smallest absolute Gasteiger partial charge is 0.255 e.